The zero-order valence-electron chi connectivity index (χ0n) is 15.7. The van der Waals surface area contributed by atoms with Crippen LogP contribution >= 0.6 is 24.8 Å². The SMILES string of the molecule is CC(C)(NC[C@@H](O)[C@@H](N)Cc1ccccc1)c1cccc(C(F)(F)F)c1.Cl.Cl. The van der Waals surface area contributed by atoms with Crippen LogP contribution in [-0.2, 0) is 18.1 Å². The van der Waals surface area contributed by atoms with Crippen molar-refractivity contribution >= 4 is 24.8 Å². The smallest absolute Gasteiger partial charge is 0.390 e. The molecule has 0 amide bonds. The molecule has 0 saturated heterocycles. The molecular formula is C20H27Cl2F3N2O. The van der Waals surface area contributed by atoms with E-state index < -0.39 is 29.4 Å². The Bertz CT molecular complexity index is 712. The molecule has 0 fully saturated rings. The van der Waals surface area contributed by atoms with Crippen molar-refractivity contribution in [3.63, 3.8) is 0 Å². The Balaban J connectivity index is 0.00000364. The molecule has 0 aliphatic heterocycles. The van der Waals surface area contributed by atoms with E-state index in [0.29, 0.717) is 12.0 Å². The molecule has 2 rings (SSSR count). The summed E-state index contributed by atoms with van der Waals surface area (Å²) >= 11 is 0. The Morgan fingerprint density at radius 3 is 2.11 bits per heavy atom. The standard InChI is InChI=1S/C20H25F3N2O.2ClH/c1-19(2,15-9-6-10-16(12-15)20(21,22)23)25-13-18(26)17(24)11-14-7-4-3-5-8-14;;/h3-10,12,17-18,25-26H,11,13,24H2,1-2H3;2*1H/t17-,18+;;/m0../s1. The minimum Gasteiger partial charge on any atom is -0.390 e. The minimum atomic E-state index is -4.39. The van der Waals surface area contributed by atoms with Crippen LogP contribution in [-0.4, -0.2) is 23.8 Å². The first kappa shape index (κ1) is 26.7. The lowest BCUT2D eigenvalue weighted by atomic mass is 9.92. The van der Waals surface area contributed by atoms with Crippen molar-refractivity contribution in [1.29, 1.82) is 0 Å². The highest BCUT2D eigenvalue weighted by atomic mass is 35.5. The van der Waals surface area contributed by atoms with Crippen LogP contribution < -0.4 is 11.1 Å². The molecule has 0 spiro atoms. The van der Waals surface area contributed by atoms with Crippen molar-refractivity contribution in [2.24, 2.45) is 5.73 Å². The first-order valence-electron chi connectivity index (χ1n) is 8.50. The predicted molar refractivity (Wildman–Crippen MR) is 111 cm³/mol. The predicted octanol–water partition coefficient (Wildman–Crippen LogP) is 4.30. The molecule has 158 valence electrons. The van der Waals surface area contributed by atoms with Gasteiger partial charge >= 0.3 is 6.18 Å². The molecule has 28 heavy (non-hydrogen) atoms. The minimum absolute atomic E-state index is 0. The van der Waals surface area contributed by atoms with Gasteiger partial charge in [0.2, 0.25) is 0 Å². The molecule has 8 heteroatoms. The Labute approximate surface area is 176 Å². The number of nitrogens with one attached hydrogen (secondary N) is 1. The monoisotopic (exact) mass is 438 g/mol. The number of benzene rings is 2. The zero-order chi connectivity index (χ0) is 19.4. The van der Waals surface area contributed by atoms with Gasteiger partial charge in [0.1, 0.15) is 0 Å². The van der Waals surface area contributed by atoms with Crippen molar-refractivity contribution in [1.82, 2.24) is 5.32 Å². The lowest BCUT2D eigenvalue weighted by molar-refractivity contribution is -0.137. The van der Waals surface area contributed by atoms with Gasteiger partial charge in [-0.2, -0.15) is 13.2 Å². The highest BCUT2D eigenvalue weighted by Gasteiger charge is 2.32. The van der Waals surface area contributed by atoms with Gasteiger partial charge in [-0.15, -0.1) is 24.8 Å². The third kappa shape index (κ3) is 7.60. The first-order valence-corrected chi connectivity index (χ1v) is 8.50. The van der Waals surface area contributed by atoms with E-state index in [2.05, 4.69) is 5.32 Å². The Morgan fingerprint density at radius 2 is 1.54 bits per heavy atom. The Morgan fingerprint density at radius 1 is 0.964 bits per heavy atom. The van der Waals surface area contributed by atoms with E-state index >= 15 is 0 Å². The molecule has 4 N–H and O–H groups in total. The summed E-state index contributed by atoms with van der Waals surface area (Å²) in [7, 11) is 0. The fraction of sp³-hybridized carbons (Fsp3) is 0.400. The van der Waals surface area contributed by atoms with Gasteiger partial charge in [0.25, 0.3) is 0 Å². The number of hydrogen-bond donors (Lipinski definition) is 3. The van der Waals surface area contributed by atoms with Gasteiger partial charge in [-0.1, -0.05) is 42.5 Å². The third-order valence-electron chi connectivity index (χ3n) is 4.47. The van der Waals surface area contributed by atoms with E-state index in [9.17, 15) is 18.3 Å². The van der Waals surface area contributed by atoms with E-state index in [1.807, 2.05) is 30.3 Å². The second-order valence-corrected chi connectivity index (χ2v) is 7.01. The van der Waals surface area contributed by atoms with Crippen LogP contribution in [0.2, 0.25) is 0 Å². The van der Waals surface area contributed by atoms with Gasteiger partial charge in [-0.05, 0) is 43.5 Å². The lowest BCUT2D eigenvalue weighted by Gasteiger charge is -2.30. The number of rotatable bonds is 7. The number of aliphatic hydroxyl groups is 1. The van der Waals surface area contributed by atoms with Crippen LogP contribution in [0.15, 0.2) is 54.6 Å². The molecule has 0 unspecified atom stereocenters. The fourth-order valence-corrected chi connectivity index (χ4v) is 2.72. The number of nitrogens with two attached hydrogens (primary N) is 1. The van der Waals surface area contributed by atoms with Crippen molar-refractivity contribution < 1.29 is 18.3 Å². The topological polar surface area (TPSA) is 58.3 Å². The third-order valence-corrected chi connectivity index (χ3v) is 4.47. The molecule has 0 aliphatic rings. The lowest BCUT2D eigenvalue weighted by Crippen LogP contribution is -2.48. The van der Waals surface area contributed by atoms with Crippen molar-refractivity contribution in [3.8, 4) is 0 Å². The maximum absolute atomic E-state index is 12.9. The Kier molecular flexibility index (Phi) is 10.5. The van der Waals surface area contributed by atoms with E-state index in [0.717, 1.165) is 17.7 Å². The van der Waals surface area contributed by atoms with E-state index in [1.165, 1.54) is 6.07 Å². The van der Waals surface area contributed by atoms with Gasteiger partial charge in [0.05, 0.1) is 11.7 Å². The van der Waals surface area contributed by atoms with Gasteiger partial charge in [-0.3, -0.25) is 0 Å². The van der Waals surface area contributed by atoms with Crippen LogP contribution in [0.4, 0.5) is 13.2 Å². The maximum Gasteiger partial charge on any atom is 0.416 e. The van der Waals surface area contributed by atoms with E-state index in [-0.39, 0.29) is 31.4 Å². The van der Waals surface area contributed by atoms with Crippen molar-refractivity contribution in [2.75, 3.05) is 6.54 Å². The van der Waals surface area contributed by atoms with Crippen LogP contribution in [0, 0.1) is 0 Å². The van der Waals surface area contributed by atoms with Crippen LogP contribution in [0.25, 0.3) is 0 Å². The summed E-state index contributed by atoms with van der Waals surface area (Å²) in [6.07, 6.45) is -4.68. The number of hydrogen-bond acceptors (Lipinski definition) is 3. The normalized spacial score (nSPS) is 13.8. The molecular weight excluding hydrogens is 412 g/mol. The number of aliphatic hydroxyl groups excluding tert-OH is 1. The summed E-state index contributed by atoms with van der Waals surface area (Å²) in [4.78, 5) is 0. The molecule has 2 aromatic carbocycles. The molecule has 0 bridgehead atoms. The zero-order valence-corrected chi connectivity index (χ0v) is 17.4. The highest BCUT2D eigenvalue weighted by Crippen LogP contribution is 2.32. The average molecular weight is 439 g/mol. The fourth-order valence-electron chi connectivity index (χ4n) is 2.72. The molecule has 0 saturated carbocycles. The quantitative estimate of drug-likeness (QED) is 0.603. The van der Waals surface area contributed by atoms with Gasteiger partial charge in [0, 0.05) is 18.1 Å². The largest absolute Gasteiger partial charge is 0.416 e. The van der Waals surface area contributed by atoms with Crippen molar-refractivity contribution in [3.05, 3.63) is 71.3 Å². The van der Waals surface area contributed by atoms with Crippen LogP contribution in [0.3, 0.4) is 0 Å². The summed E-state index contributed by atoms with van der Waals surface area (Å²) in [5.74, 6) is 0. The van der Waals surface area contributed by atoms with Crippen LogP contribution in [0.1, 0.15) is 30.5 Å². The first-order chi connectivity index (χ1) is 12.1. The molecule has 0 aliphatic carbocycles. The summed E-state index contributed by atoms with van der Waals surface area (Å²) in [6.45, 7) is 3.73. The van der Waals surface area contributed by atoms with E-state index in [4.69, 9.17) is 5.73 Å². The number of halogens is 5. The summed E-state index contributed by atoms with van der Waals surface area (Å²) in [5, 5.41) is 13.4. The maximum atomic E-state index is 12.9. The molecule has 0 radical (unpaired) electrons. The molecule has 2 atom stereocenters. The van der Waals surface area contributed by atoms with Gasteiger partial charge in [0.15, 0.2) is 0 Å². The summed E-state index contributed by atoms with van der Waals surface area (Å²) in [6, 6.07) is 14.3. The van der Waals surface area contributed by atoms with Crippen LogP contribution in [0.5, 0.6) is 0 Å². The van der Waals surface area contributed by atoms with E-state index in [1.54, 1.807) is 19.9 Å². The summed E-state index contributed by atoms with van der Waals surface area (Å²) in [5.41, 5.74) is 6.15. The van der Waals surface area contributed by atoms with Gasteiger partial charge < -0.3 is 16.2 Å². The second kappa shape index (κ2) is 11.0. The average Bonchev–Trinajstić information content (AvgIpc) is 2.60. The molecule has 3 nitrogen and oxygen atoms in total. The van der Waals surface area contributed by atoms with Crippen molar-refractivity contribution in [2.45, 2.75) is 44.1 Å². The molecule has 0 aromatic heterocycles. The molecule has 2 aromatic rings. The summed E-state index contributed by atoms with van der Waals surface area (Å²) < 4.78 is 38.7. The Hall–Kier alpha value is -1.31. The molecule has 0 heterocycles. The second-order valence-electron chi connectivity index (χ2n) is 7.01. The highest BCUT2D eigenvalue weighted by molar-refractivity contribution is 5.85. The van der Waals surface area contributed by atoms with Gasteiger partial charge in [-0.25, -0.2) is 0 Å². The number of alkyl halides is 3.